The molecule has 0 spiro atoms. The quantitative estimate of drug-likeness (QED) is 0.344. The molecule has 0 aliphatic heterocycles. The largest absolute Gasteiger partial charge is 0.361 e. The topological polar surface area (TPSA) is 74.3 Å². The maximum atomic E-state index is 11.3. The van der Waals surface area contributed by atoms with Crippen molar-refractivity contribution in [1.29, 1.82) is 0 Å². The SMILES string of the molecule is CC1CC(C=O)CC1c1nnc2cnc3c(ccn3COCC[Si](C)(C)C)n12. The van der Waals surface area contributed by atoms with Crippen LogP contribution in [0.3, 0.4) is 0 Å². The maximum Gasteiger partial charge on any atom is 0.179 e. The molecule has 7 nitrogen and oxygen atoms in total. The molecule has 1 aliphatic rings. The van der Waals surface area contributed by atoms with Crippen molar-refractivity contribution >= 4 is 31.2 Å². The Bertz CT molecular complexity index is 990. The summed E-state index contributed by atoms with van der Waals surface area (Å²) < 4.78 is 10.1. The van der Waals surface area contributed by atoms with Crippen LogP contribution >= 0.6 is 0 Å². The first kappa shape index (κ1) is 19.3. The molecule has 4 rings (SSSR count). The molecule has 0 saturated heterocycles. The predicted molar refractivity (Wildman–Crippen MR) is 111 cm³/mol. The number of rotatable bonds is 7. The van der Waals surface area contributed by atoms with E-state index in [0.29, 0.717) is 12.6 Å². The Morgan fingerprint density at radius 3 is 2.82 bits per heavy atom. The van der Waals surface area contributed by atoms with Crippen molar-refractivity contribution < 1.29 is 9.53 Å². The number of nitrogens with zero attached hydrogens (tertiary/aromatic N) is 5. The fourth-order valence-electron chi connectivity index (χ4n) is 4.18. The molecule has 150 valence electrons. The third-order valence-corrected chi connectivity index (χ3v) is 7.54. The average molecular weight is 400 g/mol. The number of hydrogen-bond acceptors (Lipinski definition) is 5. The van der Waals surface area contributed by atoms with Gasteiger partial charge >= 0.3 is 0 Å². The third kappa shape index (κ3) is 3.63. The summed E-state index contributed by atoms with van der Waals surface area (Å²) in [5, 5.41) is 8.82. The van der Waals surface area contributed by atoms with Crippen LogP contribution in [-0.4, -0.2) is 45.1 Å². The lowest BCUT2D eigenvalue weighted by Gasteiger charge is -2.15. The molecule has 1 aliphatic carbocycles. The zero-order valence-corrected chi connectivity index (χ0v) is 18.1. The smallest absolute Gasteiger partial charge is 0.179 e. The van der Waals surface area contributed by atoms with Crippen LogP contribution in [0.2, 0.25) is 25.7 Å². The summed E-state index contributed by atoms with van der Waals surface area (Å²) >= 11 is 0. The zero-order valence-electron chi connectivity index (χ0n) is 17.1. The van der Waals surface area contributed by atoms with E-state index >= 15 is 0 Å². The van der Waals surface area contributed by atoms with Crippen LogP contribution in [0.4, 0.5) is 0 Å². The summed E-state index contributed by atoms with van der Waals surface area (Å²) in [5.41, 5.74) is 2.62. The highest BCUT2D eigenvalue weighted by Gasteiger charge is 2.35. The molecular weight excluding hydrogens is 370 g/mol. The van der Waals surface area contributed by atoms with E-state index in [9.17, 15) is 4.79 Å². The van der Waals surface area contributed by atoms with E-state index in [1.54, 1.807) is 6.20 Å². The highest BCUT2D eigenvalue weighted by Crippen LogP contribution is 2.41. The van der Waals surface area contributed by atoms with Gasteiger partial charge in [-0.3, -0.25) is 4.40 Å². The number of carbonyl (C=O) groups excluding carboxylic acids is 1. The Balaban J connectivity index is 1.62. The number of aldehydes is 1. The van der Waals surface area contributed by atoms with E-state index in [1.165, 1.54) is 0 Å². The van der Waals surface area contributed by atoms with Crippen LogP contribution in [0, 0.1) is 11.8 Å². The molecule has 3 atom stereocenters. The van der Waals surface area contributed by atoms with Gasteiger partial charge in [-0.15, -0.1) is 10.2 Å². The molecule has 0 bridgehead atoms. The Morgan fingerprint density at radius 1 is 1.29 bits per heavy atom. The van der Waals surface area contributed by atoms with Crippen molar-refractivity contribution in [1.82, 2.24) is 24.1 Å². The summed E-state index contributed by atoms with van der Waals surface area (Å²) in [5.74, 6) is 1.72. The van der Waals surface area contributed by atoms with Crippen molar-refractivity contribution in [2.24, 2.45) is 11.8 Å². The van der Waals surface area contributed by atoms with Gasteiger partial charge < -0.3 is 14.1 Å². The van der Waals surface area contributed by atoms with Crippen molar-refractivity contribution in [2.45, 2.75) is 58.1 Å². The zero-order chi connectivity index (χ0) is 19.9. The Labute approximate surface area is 166 Å². The minimum absolute atomic E-state index is 0.119. The summed E-state index contributed by atoms with van der Waals surface area (Å²) in [6, 6.07) is 3.21. The number of ether oxygens (including phenoxy) is 1. The molecule has 3 aromatic heterocycles. The molecule has 3 heterocycles. The number of carbonyl (C=O) groups is 1. The third-order valence-electron chi connectivity index (χ3n) is 5.84. The molecule has 3 aromatic rings. The van der Waals surface area contributed by atoms with E-state index in [2.05, 4.69) is 52.2 Å². The Kier molecular flexibility index (Phi) is 5.09. The molecule has 1 saturated carbocycles. The van der Waals surface area contributed by atoms with Gasteiger partial charge in [-0.1, -0.05) is 26.6 Å². The lowest BCUT2D eigenvalue weighted by Crippen LogP contribution is -2.22. The van der Waals surface area contributed by atoms with Gasteiger partial charge in [0.2, 0.25) is 0 Å². The first-order chi connectivity index (χ1) is 13.4. The molecule has 0 N–H and O–H groups in total. The van der Waals surface area contributed by atoms with Crippen molar-refractivity contribution in [3.05, 3.63) is 24.3 Å². The molecule has 8 heteroatoms. The van der Waals surface area contributed by atoms with Gasteiger partial charge in [0.25, 0.3) is 0 Å². The Morgan fingerprint density at radius 2 is 2.11 bits per heavy atom. The van der Waals surface area contributed by atoms with Crippen LogP contribution in [0.15, 0.2) is 18.5 Å². The highest BCUT2D eigenvalue weighted by molar-refractivity contribution is 6.76. The Hall–Kier alpha value is -2.06. The highest BCUT2D eigenvalue weighted by atomic mass is 28.3. The van der Waals surface area contributed by atoms with E-state index < -0.39 is 8.07 Å². The van der Waals surface area contributed by atoms with Gasteiger partial charge in [-0.05, 0) is 30.9 Å². The van der Waals surface area contributed by atoms with E-state index in [0.717, 1.165) is 54.4 Å². The second-order valence-electron chi connectivity index (χ2n) is 9.30. The van der Waals surface area contributed by atoms with Gasteiger partial charge in [0.05, 0.1) is 11.7 Å². The fraction of sp³-hybridized carbons (Fsp3) is 0.600. The molecule has 1 fully saturated rings. The minimum atomic E-state index is -1.09. The van der Waals surface area contributed by atoms with E-state index in [1.807, 2.05) is 10.8 Å². The first-order valence-corrected chi connectivity index (χ1v) is 13.8. The van der Waals surface area contributed by atoms with Gasteiger partial charge in [-0.25, -0.2) is 4.98 Å². The van der Waals surface area contributed by atoms with Crippen LogP contribution in [0.25, 0.3) is 16.8 Å². The predicted octanol–water partition coefficient (Wildman–Crippen LogP) is 3.72. The fourth-order valence-corrected chi connectivity index (χ4v) is 4.94. The molecule has 28 heavy (non-hydrogen) atoms. The van der Waals surface area contributed by atoms with Gasteiger partial charge in [0, 0.05) is 32.7 Å². The van der Waals surface area contributed by atoms with Crippen molar-refractivity contribution in [3.8, 4) is 0 Å². The van der Waals surface area contributed by atoms with E-state index in [4.69, 9.17) is 4.74 Å². The standard InChI is InChI=1S/C20H29N5O2Si/c1-14-9-15(12-26)10-16(14)19-23-22-18-11-21-20-17(25(18)19)5-6-24(20)13-27-7-8-28(2,3)4/h5-6,11-12,14-16H,7-10,13H2,1-4H3. The van der Waals surface area contributed by atoms with Gasteiger partial charge in [0.1, 0.15) is 18.8 Å². The van der Waals surface area contributed by atoms with Crippen LogP contribution in [0.1, 0.15) is 31.5 Å². The lowest BCUT2D eigenvalue weighted by molar-refractivity contribution is -0.111. The summed E-state index contributed by atoms with van der Waals surface area (Å²) in [4.78, 5) is 15.9. The second kappa shape index (κ2) is 7.40. The van der Waals surface area contributed by atoms with Gasteiger partial charge in [-0.2, -0.15) is 0 Å². The van der Waals surface area contributed by atoms with Crippen LogP contribution in [-0.2, 0) is 16.3 Å². The molecule has 0 radical (unpaired) electrons. The van der Waals surface area contributed by atoms with Crippen molar-refractivity contribution in [2.75, 3.05) is 6.61 Å². The molecular formula is C20H29N5O2Si. The van der Waals surface area contributed by atoms with Crippen LogP contribution < -0.4 is 0 Å². The molecule has 0 aromatic carbocycles. The molecule has 0 amide bonds. The van der Waals surface area contributed by atoms with Crippen LogP contribution in [0.5, 0.6) is 0 Å². The number of aromatic nitrogens is 5. The first-order valence-electron chi connectivity index (χ1n) is 10.1. The normalized spacial score (nSPS) is 23.1. The number of hydrogen-bond donors (Lipinski definition) is 0. The molecule has 3 unspecified atom stereocenters. The minimum Gasteiger partial charge on any atom is -0.361 e. The maximum absolute atomic E-state index is 11.3. The lowest BCUT2D eigenvalue weighted by atomic mass is 9.97. The van der Waals surface area contributed by atoms with Crippen molar-refractivity contribution in [3.63, 3.8) is 0 Å². The second-order valence-corrected chi connectivity index (χ2v) is 14.9. The van der Waals surface area contributed by atoms with E-state index in [-0.39, 0.29) is 11.8 Å². The van der Waals surface area contributed by atoms with Gasteiger partial charge in [0.15, 0.2) is 11.3 Å². The summed E-state index contributed by atoms with van der Waals surface area (Å²) in [7, 11) is -1.09. The summed E-state index contributed by atoms with van der Waals surface area (Å²) in [6.07, 6.45) is 6.64. The number of fused-ring (bicyclic) bond motifs is 3. The average Bonchev–Trinajstić information content (AvgIpc) is 3.33. The summed E-state index contributed by atoms with van der Waals surface area (Å²) in [6.45, 7) is 10.5. The monoisotopic (exact) mass is 399 g/mol.